The molecule has 1 N–H and O–H groups in total. The van der Waals surface area contributed by atoms with Gasteiger partial charge in [0, 0.05) is 13.0 Å². The number of nitrogens with zero attached hydrogens (tertiary/aromatic N) is 1. The van der Waals surface area contributed by atoms with Gasteiger partial charge in [-0.25, -0.2) is 0 Å². The van der Waals surface area contributed by atoms with Crippen LogP contribution in [0, 0.1) is 11.8 Å². The predicted molar refractivity (Wildman–Crippen MR) is 102 cm³/mol. The molecule has 4 rings (SSSR count). The zero-order valence-corrected chi connectivity index (χ0v) is 15.7. The standard InChI is InChI=1S/C22H24N2O4/c25-19(12-13-24-21(26)16-9-4-5-10-17(16)22(24)27)23-20(18-11-6-14-28-18)15-7-2-1-3-8-15/h1-3,6-8,11,14,16-17,20H,4-5,9-10,12-13H2,(H,23,25)/t16-,17+,20-/m0/s1. The fraction of sp³-hybridized carbons (Fsp3) is 0.409. The fourth-order valence-corrected chi connectivity index (χ4v) is 4.32. The number of rotatable bonds is 6. The Balaban J connectivity index is 1.41. The first kappa shape index (κ1) is 18.5. The van der Waals surface area contributed by atoms with Crippen LogP contribution < -0.4 is 5.32 Å². The van der Waals surface area contributed by atoms with Gasteiger partial charge in [-0.15, -0.1) is 0 Å². The first-order chi connectivity index (χ1) is 13.6. The lowest BCUT2D eigenvalue weighted by Crippen LogP contribution is -2.36. The fourth-order valence-electron chi connectivity index (χ4n) is 4.32. The van der Waals surface area contributed by atoms with Crippen molar-refractivity contribution >= 4 is 17.7 Å². The van der Waals surface area contributed by atoms with E-state index in [0.29, 0.717) is 5.76 Å². The van der Waals surface area contributed by atoms with Gasteiger partial charge in [0.25, 0.3) is 0 Å². The Morgan fingerprint density at radius 1 is 1.04 bits per heavy atom. The second-order valence-electron chi connectivity index (χ2n) is 7.50. The zero-order chi connectivity index (χ0) is 19.5. The molecule has 1 aromatic carbocycles. The highest BCUT2D eigenvalue weighted by Gasteiger charge is 2.47. The topological polar surface area (TPSA) is 79.6 Å². The van der Waals surface area contributed by atoms with E-state index in [-0.39, 0.29) is 42.5 Å². The zero-order valence-electron chi connectivity index (χ0n) is 15.7. The maximum atomic E-state index is 12.6. The maximum Gasteiger partial charge on any atom is 0.233 e. The molecule has 0 unspecified atom stereocenters. The van der Waals surface area contributed by atoms with E-state index in [4.69, 9.17) is 4.42 Å². The highest BCUT2D eigenvalue weighted by Crippen LogP contribution is 2.38. The predicted octanol–water partition coefficient (Wildman–Crippen LogP) is 3.05. The highest BCUT2D eigenvalue weighted by molar-refractivity contribution is 6.05. The first-order valence-corrected chi connectivity index (χ1v) is 9.88. The minimum Gasteiger partial charge on any atom is -0.467 e. The van der Waals surface area contributed by atoms with Crippen LogP contribution in [0.1, 0.15) is 49.5 Å². The van der Waals surface area contributed by atoms with Crippen LogP contribution in [-0.4, -0.2) is 29.2 Å². The number of likely N-dealkylation sites (tertiary alicyclic amines) is 1. The van der Waals surface area contributed by atoms with Gasteiger partial charge in [0.2, 0.25) is 17.7 Å². The Morgan fingerprint density at radius 2 is 1.71 bits per heavy atom. The largest absolute Gasteiger partial charge is 0.467 e. The molecule has 0 bridgehead atoms. The molecule has 6 nitrogen and oxygen atoms in total. The Labute approximate surface area is 163 Å². The molecule has 0 spiro atoms. The van der Waals surface area contributed by atoms with Crippen molar-refractivity contribution in [2.24, 2.45) is 11.8 Å². The number of furan rings is 1. The van der Waals surface area contributed by atoms with Crippen LogP contribution in [0.3, 0.4) is 0 Å². The normalized spacial score (nSPS) is 22.8. The van der Waals surface area contributed by atoms with E-state index in [9.17, 15) is 14.4 Å². The molecular weight excluding hydrogens is 356 g/mol. The number of carbonyl (C=O) groups is 3. The van der Waals surface area contributed by atoms with E-state index in [2.05, 4.69) is 5.32 Å². The average molecular weight is 380 g/mol. The van der Waals surface area contributed by atoms with Crippen molar-refractivity contribution in [2.75, 3.05) is 6.54 Å². The number of benzene rings is 1. The Hall–Kier alpha value is -2.89. The monoisotopic (exact) mass is 380 g/mol. The summed E-state index contributed by atoms with van der Waals surface area (Å²) >= 11 is 0. The molecule has 3 atom stereocenters. The van der Waals surface area contributed by atoms with Gasteiger partial charge < -0.3 is 9.73 Å². The quantitative estimate of drug-likeness (QED) is 0.781. The van der Waals surface area contributed by atoms with Crippen LogP contribution in [0.5, 0.6) is 0 Å². The average Bonchev–Trinajstić information content (AvgIpc) is 3.34. The summed E-state index contributed by atoms with van der Waals surface area (Å²) in [6.45, 7) is 0.135. The molecule has 1 saturated heterocycles. The Morgan fingerprint density at radius 3 is 2.32 bits per heavy atom. The van der Waals surface area contributed by atoms with E-state index < -0.39 is 6.04 Å². The number of carbonyl (C=O) groups excluding carboxylic acids is 3. The van der Waals surface area contributed by atoms with Gasteiger partial charge in [-0.2, -0.15) is 0 Å². The molecule has 1 saturated carbocycles. The summed E-state index contributed by atoms with van der Waals surface area (Å²) in [6, 6.07) is 12.8. The molecule has 1 aliphatic carbocycles. The lowest BCUT2D eigenvalue weighted by Gasteiger charge is -2.19. The lowest BCUT2D eigenvalue weighted by atomic mass is 9.81. The number of nitrogens with one attached hydrogen (secondary N) is 1. The Bertz CT molecular complexity index is 823. The lowest BCUT2D eigenvalue weighted by molar-refractivity contribution is -0.140. The van der Waals surface area contributed by atoms with Gasteiger partial charge in [0.1, 0.15) is 11.8 Å². The molecule has 2 heterocycles. The van der Waals surface area contributed by atoms with Crippen LogP contribution >= 0.6 is 0 Å². The van der Waals surface area contributed by atoms with E-state index in [0.717, 1.165) is 31.2 Å². The van der Waals surface area contributed by atoms with Crippen LogP contribution in [0.4, 0.5) is 0 Å². The third kappa shape index (κ3) is 3.59. The molecule has 2 fully saturated rings. The van der Waals surface area contributed by atoms with Crippen molar-refractivity contribution in [3.63, 3.8) is 0 Å². The summed E-state index contributed by atoms with van der Waals surface area (Å²) in [7, 11) is 0. The second kappa shape index (κ2) is 8.00. The van der Waals surface area contributed by atoms with Gasteiger partial charge in [-0.1, -0.05) is 43.2 Å². The SMILES string of the molecule is O=C(CCN1C(=O)[C@H]2CCCC[C@H]2C1=O)N[C@@H](c1ccccc1)c1ccco1. The number of amides is 3. The number of imide groups is 1. The molecule has 0 radical (unpaired) electrons. The summed E-state index contributed by atoms with van der Waals surface area (Å²) < 4.78 is 5.49. The second-order valence-corrected chi connectivity index (χ2v) is 7.50. The molecule has 2 aliphatic rings. The molecule has 146 valence electrons. The number of fused-ring (bicyclic) bond motifs is 1. The summed E-state index contributed by atoms with van der Waals surface area (Å²) in [5.41, 5.74) is 0.908. The Kier molecular flexibility index (Phi) is 5.28. The third-order valence-corrected chi connectivity index (χ3v) is 5.76. The molecular formula is C22H24N2O4. The van der Waals surface area contributed by atoms with E-state index in [1.54, 1.807) is 12.3 Å². The summed E-state index contributed by atoms with van der Waals surface area (Å²) in [4.78, 5) is 39.0. The minimum absolute atomic E-state index is 0.0843. The summed E-state index contributed by atoms with van der Waals surface area (Å²) in [5, 5.41) is 2.97. The molecule has 28 heavy (non-hydrogen) atoms. The maximum absolute atomic E-state index is 12.6. The molecule has 3 amide bonds. The van der Waals surface area contributed by atoms with Crippen LogP contribution in [0.25, 0.3) is 0 Å². The van der Waals surface area contributed by atoms with Crippen molar-refractivity contribution in [2.45, 2.75) is 38.1 Å². The van der Waals surface area contributed by atoms with Gasteiger partial charge in [-0.3, -0.25) is 19.3 Å². The van der Waals surface area contributed by atoms with Gasteiger partial charge in [-0.05, 0) is 30.5 Å². The smallest absolute Gasteiger partial charge is 0.233 e. The van der Waals surface area contributed by atoms with Crippen molar-refractivity contribution in [1.82, 2.24) is 10.2 Å². The van der Waals surface area contributed by atoms with Crippen LogP contribution in [0.2, 0.25) is 0 Å². The van der Waals surface area contributed by atoms with E-state index in [1.165, 1.54) is 4.90 Å². The molecule has 6 heteroatoms. The van der Waals surface area contributed by atoms with Crippen molar-refractivity contribution < 1.29 is 18.8 Å². The van der Waals surface area contributed by atoms with E-state index >= 15 is 0 Å². The van der Waals surface area contributed by atoms with Crippen LogP contribution in [0.15, 0.2) is 53.1 Å². The van der Waals surface area contributed by atoms with Crippen molar-refractivity contribution in [1.29, 1.82) is 0 Å². The van der Waals surface area contributed by atoms with Gasteiger partial charge in [0.15, 0.2) is 0 Å². The first-order valence-electron chi connectivity index (χ1n) is 9.88. The van der Waals surface area contributed by atoms with Gasteiger partial charge >= 0.3 is 0 Å². The van der Waals surface area contributed by atoms with Gasteiger partial charge in [0.05, 0.1) is 18.1 Å². The van der Waals surface area contributed by atoms with Crippen LogP contribution in [-0.2, 0) is 14.4 Å². The molecule has 1 aliphatic heterocycles. The van der Waals surface area contributed by atoms with Crippen molar-refractivity contribution in [3.05, 3.63) is 60.1 Å². The van der Waals surface area contributed by atoms with Crippen molar-refractivity contribution in [3.8, 4) is 0 Å². The molecule has 1 aromatic heterocycles. The molecule has 2 aromatic rings. The number of hydrogen-bond acceptors (Lipinski definition) is 4. The summed E-state index contributed by atoms with van der Waals surface area (Å²) in [5.74, 6) is -0.144. The minimum atomic E-state index is -0.406. The highest BCUT2D eigenvalue weighted by atomic mass is 16.3. The summed E-state index contributed by atoms with van der Waals surface area (Å²) in [6.07, 6.45) is 5.22. The third-order valence-electron chi connectivity index (χ3n) is 5.76. The van der Waals surface area contributed by atoms with E-state index in [1.807, 2.05) is 36.4 Å². The number of hydrogen-bond donors (Lipinski definition) is 1.